The third-order valence-corrected chi connectivity index (χ3v) is 4.38. The molecule has 2 unspecified atom stereocenters. The highest BCUT2D eigenvalue weighted by molar-refractivity contribution is 7.99. The quantitative estimate of drug-likeness (QED) is 0.852. The molecular formula is C12H17N3O2S. The lowest BCUT2D eigenvalue weighted by molar-refractivity contribution is 0.0691. The number of nitrogens with one attached hydrogen (secondary N) is 1. The highest BCUT2D eigenvalue weighted by Gasteiger charge is 2.28. The van der Waals surface area contributed by atoms with Crippen molar-refractivity contribution in [3.8, 4) is 0 Å². The van der Waals surface area contributed by atoms with Crippen LogP contribution in [-0.4, -0.2) is 38.1 Å². The van der Waals surface area contributed by atoms with E-state index in [9.17, 15) is 4.79 Å². The van der Waals surface area contributed by atoms with E-state index in [1.165, 1.54) is 25.2 Å². The van der Waals surface area contributed by atoms with Crippen LogP contribution in [0.15, 0.2) is 12.4 Å². The van der Waals surface area contributed by atoms with Gasteiger partial charge in [-0.3, -0.25) is 0 Å². The Morgan fingerprint density at radius 1 is 1.50 bits per heavy atom. The van der Waals surface area contributed by atoms with Crippen molar-refractivity contribution in [3.63, 3.8) is 0 Å². The van der Waals surface area contributed by atoms with Gasteiger partial charge in [-0.1, -0.05) is 13.3 Å². The van der Waals surface area contributed by atoms with E-state index >= 15 is 0 Å². The molecule has 0 saturated heterocycles. The van der Waals surface area contributed by atoms with Gasteiger partial charge < -0.3 is 10.4 Å². The maximum absolute atomic E-state index is 11.1. The van der Waals surface area contributed by atoms with Crippen LogP contribution in [0.2, 0.25) is 0 Å². The average Bonchev–Trinajstić information content (AvgIpc) is 2.78. The van der Waals surface area contributed by atoms with Gasteiger partial charge in [-0.2, -0.15) is 11.8 Å². The first kappa shape index (κ1) is 13.1. The Morgan fingerprint density at radius 3 is 3.00 bits per heavy atom. The number of carboxylic acids is 1. The molecular weight excluding hydrogens is 250 g/mol. The number of anilines is 1. The van der Waals surface area contributed by atoms with Crippen molar-refractivity contribution in [3.05, 3.63) is 18.1 Å². The zero-order valence-electron chi connectivity index (χ0n) is 10.3. The van der Waals surface area contributed by atoms with Crippen LogP contribution in [0, 0.1) is 0 Å². The zero-order chi connectivity index (χ0) is 13.0. The van der Waals surface area contributed by atoms with Gasteiger partial charge in [0.15, 0.2) is 11.5 Å². The van der Waals surface area contributed by atoms with E-state index in [0.717, 1.165) is 12.2 Å². The molecule has 1 heterocycles. The largest absolute Gasteiger partial charge is 0.476 e. The first-order valence-electron chi connectivity index (χ1n) is 6.14. The van der Waals surface area contributed by atoms with E-state index in [0.29, 0.717) is 17.1 Å². The fourth-order valence-corrected chi connectivity index (χ4v) is 3.48. The topological polar surface area (TPSA) is 75.1 Å². The van der Waals surface area contributed by atoms with Crippen LogP contribution in [0.3, 0.4) is 0 Å². The Bertz CT molecular complexity index is 428. The summed E-state index contributed by atoms with van der Waals surface area (Å²) in [7, 11) is 0. The van der Waals surface area contributed by atoms with Gasteiger partial charge >= 0.3 is 5.97 Å². The zero-order valence-corrected chi connectivity index (χ0v) is 11.1. The van der Waals surface area contributed by atoms with Gasteiger partial charge in [0, 0.05) is 23.7 Å². The predicted octanol–water partition coefficient (Wildman–Crippen LogP) is 2.26. The number of rotatable bonds is 5. The van der Waals surface area contributed by atoms with Crippen LogP contribution in [0.4, 0.5) is 5.82 Å². The Labute approximate surface area is 110 Å². The molecule has 0 aromatic carbocycles. The van der Waals surface area contributed by atoms with Gasteiger partial charge in [0.25, 0.3) is 0 Å². The molecule has 5 nitrogen and oxygen atoms in total. The van der Waals surface area contributed by atoms with Crippen molar-refractivity contribution in [1.82, 2.24) is 9.97 Å². The summed E-state index contributed by atoms with van der Waals surface area (Å²) >= 11 is 1.92. The monoisotopic (exact) mass is 267 g/mol. The van der Waals surface area contributed by atoms with Crippen LogP contribution >= 0.6 is 11.8 Å². The van der Waals surface area contributed by atoms with Crippen molar-refractivity contribution in [2.75, 3.05) is 11.1 Å². The van der Waals surface area contributed by atoms with Crippen LogP contribution in [0.1, 0.15) is 36.7 Å². The predicted molar refractivity (Wildman–Crippen MR) is 72.2 cm³/mol. The van der Waals surface area contributed by atoms with Crippen LogP contribution < -0.4 is 5.32 Å². The number of hydrogen-bond acceptors (Lipinski definition) is 5. The lowest BCUT2D eigenvalue weighted by Gasteiger charge is -2.21. The van der Waals surface area contributed by atoms with Crippen molar-refractivity contribution >= 4 is 23.5 Å². The minimum absolute atomic E-state index is 0.00430. The maximum Gasteiger partial charge on any atom is 0.358 e. The number of hydrogen-bond donors (Lipinski definition) is 2. The smallest absolute Gasteiger partial charge is 0.358 e. The molecule has 6 heteroatoms. The van der Waals surface area contributed by atoms with Crippen LogP contribution in [-0.2, 0) is 0 Å². The second-order valence-corrected chi connectivity index (χ2v) is 5.75. The van der Waals surface area contributed by atoms with E-state index in [1.54, 1.807) is 0 Å². The summed E-state index contributed by atoms with van der Waals surface area (Å²) in [5.41, 5.74) is 0.00430. The highest BCUT2D eigenvalue weighted by atomic mass is 32.2. The molecule has 1 aromatic heterocycles. The van der Waals surface area contributed by atoms with Crippen molar-refractivity contribution in [2.45, 2.75) is 37.5 Å². The van der Waals surface area contributed by atoms with Gasteiger partial charge in [0.05, 0.1) is 0 Å². The summed E-state index contributed by atoms with van der Waals surface area (Å²) in [6.07, 6.45) is 6.34. The number of aromatic carboxylic acids is 1. The lowest BCUT2D eigenvalue weighted by atomic mass is 10.2. The number of thioether (sulfide) groups is 1. The molecule has 2 N–H and O–H groups in total. The highest BCUT2D eigenvalue weighted by Crippen LogP contribution is 2.32. The third-order valence-electron chi connectivity index (χ3n) is 3.06. The van der Waals surface area contributed by atoms with Gasteiger partial charge in [-0.25, -0.2) is 14.8 Å². The summed E-state index contributed by atoms with van der Waals surface area (Å²) in [5, 5.41) is 12.9. The first-order chi connectivity index (χ1) is 8.72. The molecule has 0 bridgehead atoms. The third kappa shape index (κ3) is 2.93. The normalized spacial score (nSPS) is 22.9. The van der Waals surface area contributed by atoms with Crippen LogP contribution in [0.5, 0.6) is 0 Å². The molecule has 0 radical (unpaired) electrons. The maximum atomic E-state index is 11.1. The second-order valence-electron chi connectivity index (χ2n) is 4.23. The van der Waals surface area contributed by atoms with E-state index in [-0.39, 0.29) is 5.69 Å². The Hall–Kier alpha value is -1.30. The van der Waals surface area contributed by atoms with Crippen molar-refractivity contribution in [1.29, 1.82) is 0 Å². The average molecular weight is 267 g/mol. The Morgan fingerprint density at radius 2 is 2.28 bits per heavy atom. The molecule has 18 heavy (non-hydrogen) atoms. The molecule has 0 spiro atoms. The first-order valence-corrected chi connectivity index (χ1v) is 7.19. The molecule has 98 valence electrons. The van der Waals surface area contributed by atoms with Gasteiger partial charge in [0.1, 0.15) is 0 Å². The van der Waals surface area contributed by atoms with E-state index in [4.69, 9.17) is 5.11 Å². The molecule has 1 aromatic rings. The van der Waals surface area contributed by atoms with Gasteiger partial charge in [0.2, 0.25) is 0 Å². The van der Waals surface area contributed by atoms with Crippen molar-refractivity contribution in [2.24, 2.45) is 0 Å². The number of carboxylic acid groups (broad SMARTS) is 1. The second kappa shape index (κ2) is 6.04. The number of carbonyl (C=O) groups is 1. The standard InChI is InChI=1S/C12H17N3O2S/c1-2-18-9-5-3-4-8(9)15-11-10(12(16)17)13-6-7-14-11/h6-9H,2-5H2,1H3,(H,14,15)(H,16,17). The molecule has 0 amide bonds. The summed E-state index contributed by atoms with van der Waals surface area (Å²) in [6.45, 7) is 2.14. The molecule has 1 aliphatic carbocycles. The van der Waals surface area contributed by atoms with E-state index < -0.39 is 5.97 Å². The Kier molecular flexibility index (Phi) is 4.41. The molecule has 1 aliphatic rings. The SMILES string of the molecule is CCSC1CCCC1Nc1nccnc1C(=O)O. The molecule has 2 rings (SSSR count). The van der Waals surface area contributed by atoms with Crippen molar-refractivity contribution < 1.29 is 9.90 Å². The minimum Gasteiger partial charge on any atom is -0.476 e. The fourth-order valence-electron chi connectivity index (χ4n) is 2.28. The van der Waals surface area contributed by atoms with Gasteiger partial charge in [-0.05, 0) is 18.6 Å². The minimum atomic E-state index is -1.04. The van der Waals surface area contributed by atoms with Crippen LogP contribution in [0.25, 0.3) is 0 Å². The number of nitrogens with zero attached hydrogens (tertiary/aromatic N) is 2. The van der Waals surface area contributed by atoms with E-state index in [2.05, 4.69) is 22.2 Å². The lowest BCUT2D eigenvalue weighted by Crippen LogP contribution is -2.28. The summed E-state index contributed by atoms with van der Waals surface area (Å²) < 4.78 is 0. The summed E-state index contributed by atoms with van der Waals surface area (Å²) in [5.74, 6) is 0.427. The molecule has 0 aliphatic heterocycles. The molecule has 1 fully saturated rings. The fraction of sp³-hybridized carbons (Fsp3) is 0.583. The Balaban J connectivity index is 2.11. The van der Waals surface area contributed by atoms with E-state index in [1.807, 2.05) is 11.8 Å². The molecule has 2 atom stereocenters. The molecule has 1 saturated carbocycles. The number of aromatic nitrogens is 2. The van der Waals surface area contributed by atoms with Gasteiger partial charge in [-0.15, -0.1) is 0 Å². The summed E-state index contributed by atoms with van der Waals surface area (Å²) in [4.78, 5) is 19.0. The summed E-state index contributed by atoms with van der Waals surface area (Å²) in [6, 6.07) is 0.296.